The molecule has 0 aromatic heterocycles. The van der Waals surface area contributed by atoms with Crippen LogP contribution in [0.4, 0.5) is 0 Å². The Morgan fingerprint density at radius 2 is 1.25 bits per heavy atom. The van der Waals surface area contributed by atoms with Crippen molar-refractivity contribution in [3.05, 3.63) is 12.2 Å². The molecule has 10 heteroatoms. The van der Waals surface area contributed by atoms with Crippen molar-refractivity contribution >= 4 is 11.9 Å². The largest absolute Gasteiger partial charge is 1.00 e. The first-order chi connectivity index (χ1) is 25.2. The van der Waals surface area contributed by atoms with Gasteiger partial charge in [0.05, 0.1) is 59.1 Å². The molecule has 322 valence electrons. The van der Waals surface area contributed by atoms with Crippen molar-refractivity contribution in [2.75, 3.05) is 60.0 Å². The maximum Gasteiger partial charge on any atom is 0.362 e. The van der Waals surface area contributed by atoms with Crippen molar-refractivity contribution in [3.8, 4) is 0 Å². The van der Waals surface area contributed by atoms with Gasteiger partial charge in [0.2, 0.25) is 0 Å². The van der Waals surface area contributed by atoms with Crippen LogP contribution in [-0.2, 0) is 19.1 Å². The summed E-state index contributed by atoms with van der Waals surface area (Å²) in [5, 5.41) is 20.1. The molecule has 0 aromatic carbocycles. The molecular weight excluding hydrogens is 747 g/mol. The number of esters is 2. The lowest BCUT2D eigenvalue weighted by Gasteiger charge is -2.73. The Morgan fingerprint density at radius 1 is 0.679 bits per heavy atom. The maximum absolute atomic E-state index is 13.5. The molecule has 56 heavy (non-hydrogen) atoms. The van der Waals surface area contributed by atoms with Crippen molar-refractivity contribution in [1.29, 1.82) is 0 Å². The van der Waals surface area contributed by atoms with E-state index in [1.165, 1.54) is 37.7 Å². The van der Waals surface area contributed by atoms with E-state index in [2.05, 4.69) is 62.2 Å². The molecule has 0 aromatic rings. The van der Waals surface area contributed by atoms with Gasteiger partial charge in [0, 0.05) is 36.5 Å². The van der Waals surface area contributed by atoms with E-state index in [1.807, 2.05) is 0 Å². The van der Waals surface area contributed by atoms with Crippen LogP contribution in [0.3, 0.4) is 0 Å². The Hall–Kier alpha value is -0.900. The number of aliphatic hydroxyl groups excluding tert-OH is 2. The highest BCUT2D eigenvalue weighted by Crippen LogP contribution is 2.77. The molecule has 2 aliphatic heterocycles. The molecule has 8 nitrogen and oxygen atoms in total. The minimum atomic E-state index is -0.237. The third kappa shape index (κ3) is 7.78. The smallest absolute Gasteiger partial charge is 0.362 e. The van der Waals surface area contributed by atoms with Crippen LogP contribution in [-0.4, -0.2) is 109 Å². The number of carbonyl (C=O) groups excluding carboxylic acids is 2. The maximum atomic E-state index is 13.5. The minimum Gasteiger partial charge on any atom is -1.00 e. The van der Waals surface area contributed by atoms with Gasteiger partial charge in [-0.2, -0.15) is 0 Å². The van der Waals surface area contributed by atoms with Crippen LogP contribution < -0.4 is 24.8 Å². The molecule has 2 N–H and O–H groups in total. The van der Waals surface area contributed by atoms with E-state index in [-0.39, 0.29) is 82.1 Å². The summed E-state index contributed by atoms with van der Waals surface area (Å²) in [6.07, 6.45) is 14.1. The van der Waals surface area contributed by atoms with Gasteiger partial charge in [-0.05, 0) is 117 Å². The van der Waals surface area contributed by atoms with Crippen molar-refractivity contribution in [1.82, 2.24) is 0 Å². The molecule has 2 saturated heterocycles. The molecule has 4 unspecified atom stereocenters. The van der Waals surface area contributed by atoms with Crippen LogP contribution in [0, 0.1) is 56.7 Å². The van der Waals surface area contributed by atoms with E-state index in [4.69, 9.17) is 9.47 Å². The fourth-order valence-electron chi connectivity index (χ4n) is 15.5. The third-order valence-electron chi connectivity index (χ3n) is 19.0. The number of rotatable bonds is 8. The SMILES string of the molecule is C=C(C)[C@@H]1CC[C@]2(COC(=O)C[N+]3(C)CCC(O)CC3)CC[C@]3(C)C(CCC4[C@@]5(C)CC[C@H](OC(=O)C[N+]6(C)CCC(O)CC6)C(C)(C)C5CC[C@]43C)C12.[Cl-].[Cl-]. The number of likely N-dealkylation sites (N-methyl/N-ethyl adjacent to an activating group) is 2. The van der Waals surface area contributed by atoms with E-state index >= 15 is 0 Å². The normalized spacial score (nSPS) is 48.0. The fraction of sp³-hybridized carbons (Fsp3) is 0.913. The highest BCUT2D eigenvalue weighted by atomic mass is 35.5. The lowest BCUT2D eigenvalue weighted by atomic mass is 9.32. The quantitative estimate of drug-likeness (QED) is 0.218. The number of halogens is 2. The van der Waals surface area contributed by atoms with E-state index in [0.29, 0.717) is 58.3 Å². The predicted molar refractivity (Wildman–Crippen MR) is 212 cm³/mol. The summed E-state index contributed by atoms with van der Waals surface area (Å²) < 4.78 is 14.2. The zero-order valence-electron chi connectivity index (χ0n) is 36.4. The summed E-state index contributed by atoms with van der Waals surface area (Å²) in [6.45, 7) is 24.3. The van der Waals surface area contributed by atoms with Crippen LogP contribution in [0.25, 0.3) is 0 Å². The molecule has 5 saturated carbocycles. The van der Waals surface area contributed by atoms with Crippen LogP contribution in [0.1, 0.15) is 131 Å². The van der Waals surface area contributed by atoms with Crippen molar-refractivity contribution in [3.63, 3.8) is 0 Å². The number of hydrogen-bond donors (Lipinski definition) is 2. The summed E-state index contributed by atoms with van der Waals surface area (Å²) in [6, 6.07) is 0. The standard InChI is InChI=1S/C46H78N2O6.2ClH/c1-31(2)34-12-21-46(30-53-39(51)28-47(8)24-15-32(49)16-25-47)23-22-44(6)35(41(34)46)10-11-37-43(5)19-14-38(42(3,4)36(43)13-20-45(37,44)7)54-40(52)29-48(9)26-17-33(50)18-27-48;;/h32-38,41,49-50H,1,10-30H2,2-9H3;2*1H/q+2;;/p-2/t32?,33?,34-,35?,36?,37?,38-,41?,43-,44+,45+,46+,47?,48?;;/m0../s1. The van der Waals surface area contributed by atoms with Gasteiger partial charge in [0.1, 0.15) is 6.10 Å². The Labute approximate surface area is 352 Å². The van der Waals surface area contributed by atoms with E-state index in [1.54, 1.807) is 0 Å². The van der Waals surface area contributed by atoms with E-state index in [0.717, 1.165) is 84.0 Å². The van der Waals surface area contributed by atoms with Gasteiger partial charge in [-0.1, -0.05) is 46.8 Å². The van der Waals surface area contributed by atoms with E-state index < -0.39 is 0 Å². The number of likely N-dealkylation sites (tertiary alicyclic amines) is 2. The second-order valence-corrected chi connectivity index (χ2v) is 22.5. The molecule has 0 radical (unpaired) electrons. The number of fused-ring (bicyclic) bond motifs is 7. The Balaban J connectivity index is 0.00000300. The van der Waals surface area contributed by atoms with Gasteiger partial charge in [-0.25, -0.2) is 9.59 Å². The number of nitrogens with zero attached hydrogens (tertiary/aromatic N) is 2. The van der Waals surface area contributed by atoms with Gasteiger partial charge in [-0.3, -0.25) is 0 Å². The van der Waals surface area contributed by atoms with Crippen molar-refractivity contribution < 1.29 is 63.1 Å². The van der Waals surface area contributed by atoms with Crippen molar-refractivity contribution in [2.24, 2.45) is 56.7 Å². The molecular formula is C46H78Cl2N2O6. The topological polar surface area (TPSA) is 93.1 Å². The van der Waals surface area contributed by atoms with Gasteiger partial charge in [0.15, 0.2) is 13.1 Å². The molecule has 0 spiro atoms. The second-order valence-electron chi connectivity index (χ2n) is 22.5. The number of aliphatic hydroxyl groups is 2. The molecule has 7 aliphatic rings. The summed E-state index contributed by atoms with van der Waals surface area (Å²) in [5.41, 5.74) is 1.89. The second kappa shape index (κ2) is 16.2. The predicted octanol–water partition coefficient (Wildman–Crippen LogP) is 1.31. The number of allylic oxidation sites excluding steroid dienone is 1. The fourth-order valence-corrected chi connectivity index (χ4v) is 15.5. The number of ether oxygens (including phenoxy) is 2. The third-order valence-corrected chi connectivity index (χ3v) is 19.0. The van der Waals surface area contributed by atoms with Crippen molar-refractivity contribution in [2.45, 2.75) is 150 Å². The summed E-state index contributed by atoms with van der Waals surface area (Å²) in [4.78, 5) is 27.0. The molecule has 5 aliphatic carbocycles. The zero-order chi connectivity index (χ0) is 39.1. The highest BCUT2D eigenvalue weighted by Gasteiger charge is 2.71. The summed E-state index contributed by atoms with van der Waals surface area (Å²) >= 11 is 0. The van der Waals surface area contributed by atoms with Gasteiger partial charge in [0.25, 0.3) is 0 Å². The van der Waals surface area contributed by atoms with Gasteiger partial charge < -0.3 is 53.5 Å². The first kappa shape index (κ1) is 46.2. The van der Waals surface area contributed by atoms with Crippen LogP contribution >= 0.6 is 0 Å². The number of hydrogen-bond acceptors (Lipinski definition) is 6. The molecule has 0 amide bonds. The summed E-state index contributed by atoms with van der Waals surface area (Å²) in [7, 11) is 4.29. The van der Waals surface area contributed by atoms with Crippen LogP contribution in [0.5, 0.6) is 0 Å². The Kier molecular flexibility index (Phi) is 13.3. The molecule has 7 rings (SSSR count). The monoisotopic (exact) mass is 825 g/mol. The van der Waals surface area contributed by atoms with E-state index in [9.17, 15) is 19.8 Å². The van der Waals surface area contributed by atoms with Crippen LogP contribution in [0.15, 0.2) is 12.2 Å². The molecule has 7 fully saturated rings. The Bertz CT molecular complexity index is 1460. The summed E-state index contributed by atoms with van der Waals surface area (Å²) in [5.74, 6) is 2.58. The minimum absolute atomic E-state index is 0. The lowest BCUT2D eigenvalue weighted by Crippen LogP contribution is -3.00. The lowest BCUT2D eigenvalue weighted by molar-refractivity contribution is -0.908. The number of quaternary nitrogens is 2. The number of piperidine rings is 2. The Morgan fingerprint density at radius 3 is 1.82 bits per heavy atom. The molecule has 10 atom stereocenters. The molecule has 0 bridgehead atoms. The first-order valence-corrected chi connectivity index (χ1v) is 22.2. The first-order valence-electron chi connectivity index (χ1n) is 22.2. The average Bonchev–Trinajstić information content (AvgIpc) is 3.49. The van der Waals surface area contributed by atoms with Gasteiger partial charge >= 0.3 is 11.9 Å². The average molecular weight is 826 g/mol. The molecule has 2 heterocycles. The van der Waals surface area contributed by atoms with Gasteiger partial charge in [-0.15, -0.1) is 0 Å². The van der Waals surface area contributed by atoms with Crippen LogP contribution in [0.2, 0.25) is 0 Å². The highest BCUT2D eigenvalue weighted by molar-refractivity contribution is 5.71. The zero-order valence-corrected chi connectivity index (χ0v) is 37.9. The number of carbonyl (C=O) groups is 2.